The SMILES string of the molecule is CCC(C)CCOC1CCCCC1OCCC(C)CC. The predicted molar refractivity (Wildman–Crippen MR) is 86.1 cm³/mol. The zero-order valence-electron chi connectivity index (χ0n) is 14.2. The van der Waals surface area contributed by atoms with E-state index in [-0.39, 0.29) is 0 Å². The van der Waals surface area contributed by atoms with Crippen LogP contribution in [0.15, 0.2) is 0 Å². The van der Waals surface area contributed by atoms with E-state index in [1.807, 2.05) is 0 Å². The smallest absolute Gasteiger partial charge is 0.0836 e. The van der Waals surface area contributed by atoms with Crippen molar-refractivity contribution in [2.24, 2.45) is 11.8 Å². The second-order valence-electron chi connectivity index (χ2n) is 6.71. The molecule has 0 N–H and O–H groups in total. The molecule has 0 aliphatic heterocycles. The Morgan fingerprint density at radius 1 is 0.800 bits per heavy atom. The third-order valence-corrected chi connectivity index (χ3v) is 4.92. The van der Waals surface area contributed by atoms with E-state index in [0.29, 0.717) is 12.2 Å². The summed E-state index contributed by atoms with van der Waals surface area (Å²) in [5, 5.41) is 0. The molecular weight excluding hydrogens is 248 g/mol. The van der Waals surface area contributed by atoms with Crippen LogP contribution in [0.4, 0.5) is 0 Å². The average molecular weight is 284 g/mol. The van der Waals surface area contributed by atoms with Gasteiger partial charge in [0.15, 0.2) is 0 Å². The number of ether oxygens (including phenoxy) is 2. The third kappa shape index (κ3) is 7.08. The van der Waals surface area contributed by atoms with E-state index in [0.717, 1.165) is 25.0 Å². The van der Waals surface area contributed by atoms with Crippen LogP contribution in [0.3, 0.4) is 0 Å². The summed E-state index contributed by atoms with van der Waals surface area (Å²) in [5.41, 5.74) is 0. The van der Waals surface area contributed by atoms with Gasteiger partial charge in [0.1, 0.15) is 0 Å². The molecule has 1 aliphatic carbocycles. The minimum absolute atomic E-state index is 0.352. The molecule has 0 aromatic heterocycles. The minimum Gasteiger partial charge on any atom is -0.376 e. The van der Waals surface area contributed by atoms with E-state index in [1.165, 1.54) is 51.4 Å². The zero-order chi connectivity index (χ0) is 14.8. The van der Waals surface area contributed by atoms with Crippen LogP contribution in [0, 0.1) is 11.8 Å². The van der Waals surface area contributed by atoms with Crippen LogP contribution in [-0.4, -0.2) is 25.4 Å². The normalized spacial score (nSPS) is 26.4. The molecule has 20 heavy (non-hydrogen) atoms. The van der Waals surface area contributed by atoms with E-state index >= 15 is 0 Å². The van der Waals surface area contributed by atoms with Gasteiger partial charge in [-0.05, 0) is 37.5 Å². The average Bonchev–Trinajstić information content (AvgIpc) is 2.48. The summed E-state index contributed by atoms with van der Waals surface area (Å²) in [4.78, 5) is 0. The zero-order valence-corrected chi connectivity index (χ0v) is 14.2. The molecule has 4 unspecified atom stereocenters. The van der Waals surface area contributed by atoms with Gasteiger partial charge in [0.2, 0.25) is 0 Å². The van der Waals surface area contributed by atoms with Crippen LogP contribution in [0.1, 0.15) is 79.1 Å². The Hall–Kier alpha value is -0.0800. The van der Waals surface area contributed by atoms with Crippen molar-refractivity contribution in [2.75, 3.05) is 13.2 Å². The summed E-state index contributed by atoms with van der Waals surface area (Å²) in [6.45, 7) is 10.9. The fourth-order valence-electron chi connectivity index (χ4n) is 2.69. The van der Waals surface area contributed by atoms with Crippen molar-refractivity contribution in [3.05, 3.63) is 0 Å². The molecule has 0 spiro atoms. The summed E-state index contributed by atoms with van der Waals surface area (Å²) in [7, 11) is 0. The lowest BCUT2D eigenvalue weighted by molar-refractivity contribution is -0.0959. The number of hydrogen-bond donors (Lipinski definition) is 0. The lowest BCUT2D eigenvalue weighted by Gasteiger charge is -2.32. The van der Waals surface area contributed by atoms with Crippen LogP contribution >= 0.6 is 0 Å². The monoisotopic (exact) mass is 284 g/mol. The molecule has 120 valence electrons. The lowest BCUT2D eigenvalue weighted by Crippen LogP contribution is -2.35. The van der Waals surface area contributed by atoms with Gasteiger partial charge in [-0.3, -0.25) is 0 Å². The van der Waals surface area contributed by atoms with Crippen molar-refractivity contribution >= 4 is 0 Å². The van der Waals surface area contributed by atoms with Crippen LogP contribution in [-0.2, 0) is 9.47 Å². The molecule has 2 heteroatoms. The molecule has 2 nitrogen and oxygen atoms in total. The second kappa shape index (κ2) is 10.6. The van der Waals surface area contributed by atoms with E-state index in [4.69, 9.17) is 9.47 Å². The number of hydrogen-bond acceptors (Lipinski definition) is 2. The molecular formula is C18H36O2. The van der Waals surface area contributed by atoms with Crippen molar-refractivity contribution in [2.45, 2.75) is 91.3 Å². The van der Waals surface area contributed by atoms with Crippen molar-refractivity contribution < 1.29 is 9.47 Å². The summed E-state index contributed by atoms with van der Waals surface area (Å²) >= 11 is 0. The molecule has 4 atom stereocenters. The van der Waals surface area contributed by atoms with Gasteiger partial charge >= 0.3 is 0 Å². The maximum atomic E-state index is 6.13. The van der Waals surface area contributed by atoms with Crippen LogP contribution in [0.25, 0.3) is 0 Å². The molecule has 0 radical (unpaired) electrons. The highest BCUT2D eigenvalue weighted by Crippen LogP contribution is 2.25. The quantitative estimate of drug-likeness (QED) is 0.548. The maximum absolute atomic E-state index is 6.13. The largest absolute Gasteiger partial charge is 0.376 e. The number of rotatable bonds is 10. The third-order valence-electron chi connectivity index (χ3n) is 4.92. The summed E-state index contributed by atoms with van der Waals surface area (Å²) in [5.74, 6) is 1.56. The van der Waals surface area contributed by atoms with Crippen LogP contribution < -0.4 is 0 Å². The molecule has 0 heterocycles. The molecule has 0 aromatic rings. The van der Waals surface area contributed by atoms with Crippen molar-refractivity contribution in [3.63, 3.8) is 0 Å². The Labute approximate surface area is 126 Å². The fraction of sp³-hybridized carbons (Fsp3) is 1.00. The van der Waals surface area contributed by atoms with Gasteiger partial charge in [-0.1, -0.05) is 53.4 Å². The topological polar surface area (TPSA) is 18.5 Å². The van der Waals surface area contributed by atoms with Gasteiger partial charge in [-0.2, -0.15) is 0 Å². The molecule has 0 saturated heterocycles. The molecule has 1 aliphatic rings. The fourth-order valence-corrected chi connectivity index (χ4v) is 2.69. The second-order valence-corrected chi connectivity index (χ2v) is 6.71. The summed E-state index contributed by atoms with van der Waals surface area (Å²) in [6.07, 6.45) is 10.6. The Morgan fingerprint density at radius 3 is 1.55 bits per heavy atom. The highest BCUT2D eigenvalue weighted by Gasteiger charge is 2.26. The Kier molecular flexibility index (Phi) is 9.54. The highest BCUT2D eigenvalue weighted by molar-refractivity contribution is 4.77. The minimum atomic E-state index is 0.352. The highest BCUT2D eigenvalue weighted by atomic mass is 16.5. The first kappa shape index (κ1) is 18.0. The summed E-state index contributed by atoms with van der Waals surface area (Å²) in [6, 6.07) is 0. The van der Waals surface area contributed by atoms with Crippen molar-refractivity contribution in [3.8, 4) is 0 Å². The van der Waals surface area contributed by atoms with Gasteiger partial charge in [0.05, 0.1) is 12.2 Å². The molecule has 1 saturated carbocycles. The summed E-state index contributed by atoms with van der Waals surface area (Å²) < 4.78 is 12.3. The molecule has 0 aromatic carbocycles. The van der Waals surface area contributed by atoms with Crippen molar-refractivity contribution in [1.29, 1.82) is 0 Å². The Bertz CT molecular complexity index is 205. The van der Waals surface area contributed by atoms with Gasteiger partial charge < -0.3 is 9.47 Å². The lowest BCUT2D eigenvalue weighted by atomic mass is 9.94. The molecule has 0 bridgehead atoms. The molecule has 1 fully saturated rings. The van der Waals surface area contributed by atoms with Gasteiger partial charge in [-0.25, -0.2) is 0 Å². The van der Waals surface area contributed by atoms with E-state index in [9.17, 15) is 0 Å². The van der Waals surface area contributed by atoms with E-state index in [1.54, 1.807) is 0 Å². The van der Waals surface area contributed by atoms with Crippen LogP contribution in [0.5, 0.6) is 0 Å². The van der Waals surface area contributed by atoms with Gasteiger partial charge in [0, 0.05) is 13.2 Å². The maximum Gasteiger partial charge on any atom is 0.0836 e. The van der Waals surface area contributed by atoms with E-state index in [2.05, 4.69) is 27.7 Å². The van der Waals surface area contributed by atoms with Gasteiger partial charge in [0.25, 0.3) is 0 Å². The molecule has 1 rings (SSSR count). The molecule has 0 amide bonds. The first-order valence-electron chi connectivity index (χ1n) is 8.90. The first-order chi connectivity index (χ1) is 9.67. The first-order valence-corrected chi connectivity index (χ1v) is 8.90. The predicted octanol–water partition coefficient (Wildman–Crippen LogP) is 5.20. The Balaban J connectivity index is 2.23. The van der Waals surface area contributed by atoms with Gasteiger partial charge in [-0.15, -0.1) is 0 Å². The van der Waals surface area contributed by atoms with Crippen molar-refractivity contribution in [1.82, 2.24) is 0 Å². The van der Waals surface area contributed by atoms with E-state index < -0.39 is 0 Å². The Morgan fingerprint density at radius 2 is 1.20 bits per heavy atom. The van der Waals surface area contributed by atoms with Crippen LogP contribution in [0.2, 0.25) is 0 Å². The standard InChI is InChI=1S/C18H36O2/c1-5-15(3)11-13-19-17-9-7-8-10-18(17)20-14-12-16(4)6-2/h15-18H,5-14H2,1-4H3.